The van der Waals surface area contributed by atoms with Crippen LogP contribution in [0, 0.1) is 0 Å². The molecule has 158 valence electrons. The Balaban J connectivity index is 1.69. The molecule has 2 rings (SSSR count). The number of methoxy groups -OCH3 is 1. The quantitative estimate of drug-likeness (QED) is 0.432. The van der Waals surface area contributed by atoms with E-state index in [9.17, 15) is 13.2 Å². The summed E-state index contributed by atoms with van der Waals surface area (Å²) in [6.45, 7) is 4.16. The molecule has 0 amide bonds. The van der Waals surface area contributed by atoms with E-state index in [2.05, 4.69) is 10.3 Å². The van der Waals surface area contributed by atoms with Crippen LogP contribution in [0.5, 0.6) is 11.5 Å². The smallest absolute Gasteiger partial charge is 0.403 e. The normalized spacial score (nSPS) is 17.4. The molecule has 1 aromatic rings. The zero-order chi connectivity index (χ0) is 20.6. The molecule has 1 aromatic carbocycles. The van der Waals surface area contributed by atoms with Gasteiger partial charge in [0.1, 0.15) is 17.5 Å². The van der Waals surface area contributed by atoms with E-state index in [0.29, 0.717) is 45.3 Å². The number of aliphatic imine (C=N–C) groups is 1. The van der Waals surface area contributed by atoms with Gasteiger partial charge < -0.3 is 19.7 Å². The third kappa shape index (κ3) is 6.47. The number of nitrogens with one attached hydrogen (secondary N) is 1. The van der Waals surface area contributed by atoms with Gasteiger partial charge in [-0.25, -0.2) is 0 Å². The molecule has 1 N–H and O–H groups in total. The van der Waals surface area contributed by atoms with Crippen molar-refractivity contribution in [3.05, 3.63) is 24.3 Å². The summed E-state index contributed by atoms with van der Waals surface area (Å²) in [5.41, 5.74) is 0. The Kier molecular flexibility index (Phi) is 8.22. The second-order valence-corrected chi connectivity index (χ2v) is 6.60. The molecule has 0 aromatic heterocycles. The lowest BCUT2D eigenvalue weighted by Gasteiger charge is -2.39. The van der Waals surface area contributed by atoms with Crippen LogP contribution in [0.3, 0.4) is 0 Å². The van der Waals surface area contributed by atoms with Crippen molar-refractivity contribution in [2.45, 2.75) is 25.6 Å². The number of hydrogen-bond donors (Lipinski definition) is 1. The van der Waals surface area contributed by atoms with Crippen molar-refractivity contribution in [2.24, 2.45) is 4.99 Å². The molecule has 1 heterocycles. The first kappa shape index (κ1) is 22.1. The van der Waals surface area contributed by atoms with Crippen LogP contribution in [0.1, 0.15) is 13.3 Å². The van der Waals surface area contributed by atoms with E-state index in [1.165, 1.54) is 11.8 Å². The van der Waals surface area contributed by atoms with Gasteiger partial charge >= 0.3 is 6.18 Å². The van der Waals surface area contributed by atoms with Crippen LogP contribution >= 0.6 is 0 Å². The molecule has 9 heteroatoms. The summed E-state index contributed by atoms with van der Waals surface area (Å²) >= 11 is 0. The summed E-state index contributed by atoms with van der Waals surface area (Å²) in [6.07, 6.45) is -3.42. The van der Waals surface area contributed by atoms with Gasteiger partial charge in [-0.05, 0) is 25.5 Å². The van der Waals surface area contributed by atoms with E-state index >= 15 is 0 Å². The molecule has 1 atom stereocenters. The molecule has 28 heavy (non-hydrogen) atoms. The number of hydrogen-bond acceptors (Lipinski definition) is 4. The van der Waals surface area contributed by atoms with Gasteiger partial charge in [-0.3, -0.25) is 9.89 Å². The predicted molar refractivity (Wildman–Crippen MR) is 103 cm³/mol. The van der Waals surface area contributed by atoms with Crippen molar-refractivity contribution in [3.8, 4) is 11.5 Å². The summed E-state index contributed by atoms with van der Waals surface area (Å²) in [6, 6.07) is 6.00. The van der Waals surface area contributed by atoms with Crippen molar-refractivity contribution >= 4 is 5.96 Å². The highest BCUT2D eigenvalue weighted by Gasteiger charge is 2.41. The Labute approximate surface area is 164 Å². The highest BCUT2D eigenvalue weighted by Crippen LogP contribution is 2.25. The lowest BCUT2D eigenvalue weighted by molar-refractivity contribution is -0.181. The molecule has 1 fully saturated rings. The molecule has 0 bridgehead atoms. The van der Waals surface area contributed by atoms with Crippen LogP contribution in [0.4, 0.5) is 13.2 Å². The fourth-order valence-corrected chi connectivity index (χ4v) is 3.01. The molecule has 1 unspecified atom stereocenters. The van der Waals surface area contributed by atoms with E-state index in [1.54, 1.807) is 14.2 Å². The van der Waals surface area contributed by atoms with Crippen molar-refractivity contribution in [1.82, 2.24) is 15.1 Å². The average Bonchev–Trinajstić information content (AvgIpc) is 2.70. The van der Waals surface area contributed by atoms with E-state index in [-0.39, 0.29) is 0 Å². The first-order valence-corrected chi connectivity index (χ1v) is 9.38. The Hall–Kier alpha value is -2.16. The van der Waals surface area contributed by atoms with Gasteiger partial charge in [0.05, 0.1) is 13.7 Å². The predicted octanol–water partition coefficient (Wildman–Crippen LogP) is 2.61. The maximum absolute atomic E-state index is 12.8. The SMILES string of the molecule is CN=C(NCCCOc1cccc(OC)c1)N1CCN(C(C)C(F)(F)F)CC1. The molecule has 0 saturated carbocycles. The monoisotopic (exact) mass is 402 g/mol. The summed E-state index contributed by atoms with van der Waals surface area (Å²) in [5, 5.41) is 3.25. The van der Waals surface area contributed by atoms with E-state index in [0.717, 1.165) is 17.9 Å². The minimum Gasteiger partial charge on any atom is -0.497 e. The summed E-state index contributed by atoms with van der Waals surface area (Å²) in [7, 11) is 3.29. The van der Waals surface area contributed by atoms with E-state index < -0.39 is 12.2 Å². The third-order valence-corrected chi connectivity index (χ3v) is 4.76. The molecule has 0 spiro atoms. The van der Waals surface area contributed by atoms with Crippen LogP contribution in [-0.4, -0.2) is 81.5 Å². The number of benzene rings is 1. The maximum atomic E-state index is 12.8. The number of piperazine rings is 1. The Bertz CT molecular complexity index is 632. The number of alkyl halides is 3. The Morgan fingerprint density at radius 2 is 1.89 bits per heavy atom. The minimum atomic E-state index is -4.19. The van der Waals surface area contributed by atoms with Gasteiger partial charge in [0.2, 0.25) is 0 Å². The van der Waals surface area contributed by atoms with Gasteiger partial charge in [0.15, 0.2) is 5.96 Å². The van der Waals surface area contributed by atoms with Crippen LogP contribution in [0.2, 0.25) is 0 Å². The molecule has 6 nitrogen and oxygen atoms in total. The molecular weight excluding hydrogens is 373 g/mol. The van der Waals surface area contributed by atoms with Gasteiger partial charge in [0.25, 0.3) is 0 Å². The van der Waals surface area contributed by atoms with Gasteiger partial charge in [-0.2, -0.15) is 13.2 Å². The number of ether oxygens (including phenoxy) is 2. The minimum absolute atomic E-state index is 0.361. The highest BCUT2D eigenvalue weighted by atomic mass is 19.4. The van der Waals surface area contributed by atoms with Crippen LogP contribution < -0.4 is 14.8 Å². The van der Waals surface area contributed by atoms with Crippen molar-refractivity contribution in [2.75, 3.05) is 53.5 Å². The third-order valence-electron chi connectivity index (χ3n) is 4.76. The number of guanidine groups is 1. The van der Waals surface area contributed by atoms with Gasteiger partial charge in [-0.15, -0.1) is 0 Å². The second kappa shape index (κ2) is 10.4. The zero-order valence-corrected chi connectivity index (χ0v) is 16.6. The van der Waals surface area contributed by atoms with Crippen molar-refractivity contribution in [1.29, 1.82) is 0 Å². The van der Waals surface area contributed by atoms with Crippen LogP contribution in [0.15, 0.2) is 29.3 Å². The Morgan fingerprint density at radius 3 is 2.50 bits per heavy atom. The van der Waals surface area contributed by atoms with Crippen LogP contribution in [0.25, 0.3) is 0 Å². The summed E-state index contributed by atoms with van der Waals surface area (Å²) < 4.78 is 49.4. The molecule has 0 aliphatic carbocycles. The molecule has 1 aliphatic heterocycles. The molecule has 1 saturated heterocycles. The second-order valence-electron chi connectivity index (χ2n) is 6.60. The highest BCUT2D eigenvalue weighted by molar-refractivity contribution is 5.79. The average molecular weight is 402 g/mol. The van der Waals surface area contributed by atoms with E-state index in [4.69, 9.17) is 9.47 Å². The number of rotatable bonds is 7. The lowest BCUT2D eigenvalue weighted by Crippen LogP contribution is -2.56. The lowest BCUT2D eigenvalue weighted by atomic mass is 10.2. The number of nitrogens with zero attached hydrogens (tertiary/aromatic N) is 3. The maximum Gasteiger partial charge on any atom is 0.403 e. The van der Waals surface area contributed by atoms with Gasteiger partial charge in [-0.1, -0.05) is 6.07 Å². The first-order valence-electron chi connectivity index (χ1n) is 9.38. The summed E-state index contributed by atoms with van der Waals surface area (Å²) in [4.78, 5) is 7.69. The van der Waals surface area contributed by atoms with Gasteiger partial charge in [0, 0.05) is 45.8 Å². The standard InChI is InChI=1S/C19H29F3N4O2/c1-15(19(20,21)22)25-9-11-26(12-10-25)18(23-2)24-8-5-13-28-17-7-4-6-16(14-17)27-3/h4,6-7,14-15H,5,8-13H2,1-3H3,(H,23,24). The zero-order valence-electron chi connectivity index (χ0n) is 16.6. The Morgan fingerprint density at radius 1 is 1.21 bits per heavy atom. The van der Waals surface area contributed by atoms with Crippen molar-refractivity contribution in [3.63, 3.8) is 0 Å². The molecular formula is C19H29F3N4O2. The van der Waals surface area contributed by atoms with E-state index in [1.807, 2.05) is 29.2 Å². The largest absolute Gasteiger partial charge is 0.497 e. The summed E-state index contributed by atoms with van der Waals surface area (Å²) in [5.74, 6) is 2.20. The first-order chi connectivity index (χ1) is 13.3. The van der Waals surface area contributed by atoms with Crippen molar-refractivity contribution < 1.29 is 22.6 Å². The topological polar surface area (TPSA) is 49.3 Å². The number of halogens is 3. The molecule has 1 aliphatic rings. The van der Waals surface area contributed by atoms with Crippen LogP contribution in [-0.2, 0) is 0 Å². The molecule has 0 radical (unpaired) electrons. The fourth-order valence-electron chi connectivity index (χ4n) is 3.01. The fraction of sp³-hybridized carbons (Fsp3) is 0.632.